The van der Waals surface area contributed by atoms with Crippen LogP contribution in [0, 0.1) is 16.7 Å². The predicted octanol–water partition coefficient (Wildman–Crippen LogP) is 6.02. The number of ketones is 1. The number of carbonyl (C=O) groups is 1. The van der Waals surface area contributed by atoms with Gasteiger partial charge in [-0.1, -0.05) is 56.3 Å². The zero-order chi connectivity index (χ0) is 20.2. The van der Waals surface area contributed by atoms with Gasteiger partial charge in [0.05, 0.1) is 17.7 Å². The van der Waals surface area contributed by atoms with Gasteiger partial charge in [0.25, 0.3) is 0 Å². The van der Waals surface area contributed by atoms with Gasteiger partial charge >= 0.3 is 0 Å². The van der Waals surface area contributed by atoms with Crippen LogP contribution in [-0.2, 0) is 4.79 Å². The third-order valence-corrected chi connectivity index (χ3v) is 6.11. The van der Waals surface area contributed by atoms with E-state index in [0.29, 0.717) is 12.0 Å². The van der Waals surface area contributed by atoms with Crippen molar-refractivity contribution in [3.63, 3.8) is 0 Å². The molecule has 0 bridgehead atoms. The average molecular weight is 378 g/mol. The average Bonchev–Trinajstić information content (AvgIpc) is 2.72. The van der Waals surface area contributed by atoms with Crippen LogP contribution in [0.4, 0.5) is 5.69 Å². The molecule has 3 aromatic carbocycles. The van der Waals surface area contributed by atoms with E-state index in [1.807, 2.05) is 24.3 Å². The van der Waals surface area contributed by atoms with Crippen molar-refractivity contribution in [2.24, 2.45) is 5.41 Å². The van der Waals surface area contributed by atoms with Gasteiger partial charge in [-0.05, 0) is 51.9 Å². The summed E-state index contributed by atoms with van der Waals surface area (Å²) in [7, 11) is 0. The SMILES string of the molecule is CC1(C)CC(=O)C2=C(C1)c1c(ccc3ccccc13)NC2c1ccc(C#N)cc1. The van der Waals surface area contributed by atoms with Gasteiger partial charge in [0.2, 0.25) is 0 Å². The second-order valence-electron chi connectivity index (χ2n) is 8.85. The summed E-state index contributed by atoms with van der Waals surface area (Å²) < 4.78 is 0. The lowest BCUT2D eigenvalue weighted by molar-refractivity contribution is -0.118. The summed E-state index contributed by atoms with van der Waals surface area (Å²) in [5, 5.41) is 15.1. The highest BCUT2D eigenvalue weighted by Gasteiger charge is 2.40. The molecule has 0 saturated carbocycles. The molecule has 0 amide bonds. The van der Waals surface area contributed by atoms with Crippen molar-refractivity contribution in [3.8, 4) is 6.07 Å². The van der Waals surface area contributed by atoms with Crippen LogP contribution < -0.4 is 5.32 Å². The number of hydrogen-bond acceptors (Lipinski definition) is 3. The Kier molecular flexibility index (Phi) is 3.86. The van der Waals surface area contributed by atoms with Crippen molar-refractivity contribution in [2.75, 3.05) is 5.32 Å². The summed E-state index contributed by atoms with van der Waals surface area (Å²) in [5.74, 6) is 0.219. The molecule has 3 aromatic rings. The van der Waals surface area contributed by atoms with Crippen LogP contribution in [0.25, 0.3) is 16.3 Å². The fourth-order valence-electron chi connectivity index (χ4n) is 4.84. The van der Waals surface area contributed by atoms with E-state index < -0.39 is 0 Å². The molecule has 1 aliphatic carbocycles. The zero-order valence-electron chi connectivity index (χ0n) is 16.6. The molecule has 0 aromatic heterocycles. The Bertz CT molecular complexity index is 1230. The number of Topliss-reactive ketones (excluding diaryl/α,β-unsaturated/α-hetero) is 1. The van der Waals surface area contributed by atoms with Crippen molar-refractivity contribution in [3.05, 3.63) is 82.9 Å². The maximum atomic E-state index is 13.3. The number of allylic oxidation sites excluding steroid dienone is 1. The first-order chi connectivity index (χ1) is 14.0. The van der Waals surface area contributed by atoms with Gasteiger partial charge in [0.15, 0.2) is 5.78 Å². The minimum atomic E-state index is -0.185. The van der Waals surface area contributed by atoms with E-state index in [0.717, 1.165) is 23.2 Å². The first-order valence-electron chi connectivity index (χ1n) is 10.0. The number of nitrogens with one attached hydrogen (secondary N) is 1. The summed E-state index contributed by atoms with van der Waals surface area (Å²) in [6, 6.07) is 22.2. The van der Waals surface area contributed by atoms with Crippen molar-refractivity contribution in [2.45, 2.75) is 32.7 Å². The topological polar surface area (TPSA) is 52.9 Å². The lowest BCUT2D eigenvalue weighted by atomic mass is 9.68. The number of fused-ring (bicyclic) bond motifs is 4. The monoisotopic (exact) mass is 378 g/mol. The highest BCUT2D eigenvalue weighted by atomic mass is 16.1. The summed E-state index contributed by atoms with van der Waals surface area (Å²) in [5.41, 5.74) is 5.89. The molecule has 0 fully saturated rings. The van der Waals surface area contributed by atoms with Gasteiger partial charge in [0, 0.05) is 23.2 Å². The number of carbonyl (C=O) groups excluding carboxylic acids is 1. The number of hydrogen-bond donors (Lipinski definition) is 1. The molecule has 2 aliphatic rings. The molecule has 1 unspecified atom stereocenters. The number of rotatable bonds is 1. The van der Waals surface area contributed by atoms with Crippen LogP contribution in [0.5, 0.6) is 0 Å². The van der Waals surface area contributed by atoms with E-state index in [2.05, 4.69) is 61.6 Å². The molecule has 29 heavy (non-hydrogen) atoms. The van der Waals surface area contributed by atoms with Gasteiger partial charge in [0.1, 0.15) is 0 Å². The molecule has 142 valence electrons. The third kappa shape index (κ3) is 2.84. The fourth-order valence-corrected chi connectivity index (χ4v) is 4.84. The number of benzene rings is 3. The molecule has 0 radical (unpaired) electrons. The number of nitrogens with zero attached hydrogens (tertiary/aromatic N) is 1. The molecule has 3 nitrogen and oxygen atoms in total. The van der Waals surface area contributed by atoms with E-state index >= 15 is 0 Å². The number of nitriles is 1. The summed E-state index contributed by atoms with van der Waals surface area (Å²) in [6.45, 7) is 4.36. The van der Waals surface area contributed by atoms with Crippen LogP contribution in [0.15, 0.2) is 66.2 Å². The Labute approximate surface area is 170 Å². The standard InChI is InChI=1S/C26H22N2O/c1-26(2)13-20-23-19-6-4-3-5-17(19)11-12-21(23)28-25(24(20)22(29)14-26)18-9-7-16(15-27)8-10-18/h3-12,25,28H,13-14H2,1-2H3. The second kappa shape index (κ2) is 6.32. The van der Waals surface area contributed by atoms with Crippen LogP contribution in [0.3, 0.4) is 0 Å². The van der Waals surface area contributed by atoms with E-state index in [4.69, 9.17) is 5.26 Å². The Morgan fingerprint density at radius 2 is 1.76 bits per heavy atom. The molecule has 1 atom stereocenters. The molecule has 0 spiro atoms. The van der Waals surface area contributed by atoms with Crippen LogP contribution in [0.1, 0.15) is 49.4 Å². The molecule has 5 rings (SSSR count). The van der Waals surface area contributed by atoms with E-state index in [9.17, 15) is 4.79 Å². The van der Waals surface area contributed by atoms with Gasteiger partial charge in [-0.25, -0.2) is 0 Å². The molecule has 0 saturated heterocycles. The molecular weight excluding hydrogens is 356 g/mol. The lowest BCUT2D eigenvalue weighted by Gasteiger charge is -2.40. The highest BCUT2D eigenvalue weighted by Crippen LogP contribution is 2.51. The van der Waals surface area contributed by atoms with Gasteiger partial charge in [-0.15, -0.1) is 0 Å². The molecule has 1 aliphatic heterocycles. The maximum absolute atomic E-state index is 13.3. The Balaban J connectivity index is 1.77. The van der Waals surface area contributed by atoms with Crippen LogP contribution >= 0.6 is 0 Å². The van der Waals surface area contributed by atoms with E-state index in [1.54, 1.807) is 0 Å². The zero-order valence-corrected chi connectivity index (χ0v) is 16.6. The first-order valence-corrected chi connectivity index (χ1v) is 10.0. The number of anilines is 1. The Hall–Kier alpha value is -3.38. The normalized spacial score (nSPS) is 19.9. The van der Waals surface area contributed by atoms with Gasteiger partial charge in [-0.3, -0.25) is 4.79 Å². The summed E-state index contributed by atoms with van der Waals surface area (Å²) >= 11 is 0. The minimum absolute atomic E-state index is 0.0588. The maximum Gasteiger partial charge on any atom is 0.162 e. The van der Waals surface area contributed by atoms with Crippen molar-refractivity contribution < 1.29 is 4.79 Å². The van der Waals surface area contributed by atoms with Crippen LogP contribution in [0.2, 0.25) is 0 Å². The van der Waals surface area contributed by atoms with Crippen LogP contribution in [-0.4, -0.2) is 5.78 Å². The molecule has 3 heteroatoms. The quantitative estimate of drug-likeness (QED) is 0.563. The van der Waals surface area contributed by atoms with Gasteiger partial charge in [-0.2, -0.15) is 5.26 Å². The van der Waals surface area contributed by atoms with E-state index in [-0.39, 0.29) is 17.2 Å². The summed E-state index contributed by atoms with van der Waals surface area (Å²) in [6.07, 6.45) is 1.43. The van der Waals surface area contributed by atoms with Crippen molar-refractivity contribution in [1.29, 1.82) is 5.26 Å². The smallest absolute Gasteiger partial charge is 0.162 e. The first kappa shape index (κ1) is 17.7. The predicted molar refractivity (Wildman–Crippen MR) is 116 cm³/mol. The minimum Gasteiger partial charge on any atom is -0.373 e. The Morgan fingerprint density at radius 3 is 2.52 bits per heavy atom. The Morgan fingerprint density at radius 1 is 1.00 bits per heavy atom. The molecule has 1 N–H and O–H groups in total. The van der Waals surface area contributed by atoms with Crippen molar-refractivity contribution >= 4 is 27.8 Å². The van der Waals surface area contributed by atoms with Crippen molar-refractivity contribution in [1.82, 2.24) is 0 Å². The highest BCUT2D eigenvalue weighted by molar-refractivity contribution is 6.12. The fraction of sp³-hybridized carbons (Fsp3) is 0.231. The molecular formula is C26H22N2O. The van der Waals surface area contributed by atoms with E-state index in [1.165, 1.54) is 21.9 Å². The lowest BCUT2D eigenvalue weighted by Crippen LogP contribution is -2.33. The second-order valence-corrected chi connectivity index (χ2v) is 8.85. The van der Waals surface area contributed by atoms with Gasteiger partial charge < -0.3 is 5.32 Å². The molecule has 1 heterocycles. The third-order valence-electron chi connectivity index (χ3n) is 6.11. The summed E-state index contributed by atoms with van der Waals surface area (Å²) in [4.78, 5) is 13.3. The largest absolute Gasteiger partial charge is 0.373 e.